The van der Waals surface area contributed by atoms with Crippen molar-refractivity contribution in [1.29, 1.82) is 0 Å². The summed E-state index contributed by atoms with van der Waals surface area (Å²) in [4.78, 5) is 3.60. The van der Waals surface area contributed by atoms with Crippen molar-refractivity contribution in [2.24, 2.45) is 0 Å². The Hall–Kier alpha value is -1.59. The number of hydrogen-bond donors (Lipinski definition) is 1. The van der Waals surface area contributed by atoms with E-state index in [4.69, 9.17) is 0 Å². The molecule has 0 radical (unpaired) electrons. The smallest absolute Gasteiger partial charge is 0.0459 e. The number of fused-ring (bicyclic) bond motifs is 3. The maximum atomic E-state index is 3.60. The highest BCUT2D eigenvalue weighted by Crippen LogP contribution is 2.45. The standard InChI is InChI=1S/C17H16NP/c1-2-6-13(7-3-1)19-11-10-17-15(12-19)14-8-4-5-9-16(14)18-17/h1-9,18H,10-12H2. The minimum Gasteiger partial charge on any atom is -0.358 e. The van der Waals surface area contributed by atoms with Gasteiger partial charge in [-0.05, 0) is 35.7 Å². The molecular weight excluding hydrogens is 249 g/mol. The van der Waals surface area contributed by atoms with Crippen molar-refractivity contribution in [3.8, 4) is 0 Å². The number of aromatic nitrogens is 1. The first kappa shape index (κ1) is 11.3. The molecule has 3 aromatic rings. The van der Waals surface area contributed by atoms with Crippen LogP contribution in [-0.4, -0.2) is 11.1 Å². The van der Waals surface area contributed by atoms with Crippen LogP contribution in [0.4, 0.5) is 0 Å². The van der Waals surface area contributed by atoms with E-state index >= 15 is 0 Å². The van der Waals surface area contributed by atoms with Crippen LogP contribution in [0.3, 0.4) is 0 Å². The van der Waals surface area contributed by atoms with E-state index in [0.717, 1.165) is 0 Å². The van der Waals surface area contributed by atoms with E-state index in [2.05, 4.69) is 59.6 Å². The van der Waals surface area contributed by atoms with Gasteiger partial charge in [-0.3, -0.25) is 0 Å². The number of H-pyrrole nitrogens is 1. The Labute approximate surface area is 114 Å². The maximum absolute atomic E-state index is 3.60. The van der Waals surface area contributed by atoms with Gasteiger partial charge in [0.25, 0.3) is 0 Å². The normalized spacial score (nSPS) is 18.4. The van der Waals surface area contributed by atoms with Gasteiger partial charge < -0.3 is 4.98 Å². The molecule has 1 aliphatic heterocycles. The Kier molecular flexibility index (Phi) is 2.67. The van der Waals surface area contributed by atoms with Crippen molar-refractivity contribution in [3.05, 3.63) is 65.9 Å². The van der Waals surface area contributed by atoms with Crippen molar-refractivity contribution < 1.29 is 0 Å². The molecule has 1 unspecified atom stereocenters. The highest BCUT2D eigenvalue weighted by molar-refractivity contribution is 7.65. The van der Waals surface area contributed by atoms with E-state index in [1.807, 2.05) is 0 Å². The first-order valence-electron chi connectivity index (χ1n) is 6.80. The molecule has 0 saturated carbocycles. The average molecular weight is 265 g/mol. The van der Waals surface area contributed by atoms with Crippen molar-refractivity contribution in [2.45, 2.75) is 12.6 Å². The molecule has 1 nitrogen and oxygen atoms in total. The largest absolute Gasteiger partial charge is 0.358 e. The van der Waals surface area contributed by atoms with Crippen LogP contribution in [0, 0.1) is 0 Å². The predicted molar refractivity (Wildman–Crippen MR) is 83.6 cm³/mol. The second-order valence-corrected chi connectivity index (χ2v) is 7.49. The number of hydrogen-bond acceptors (Lipinski definition) is 0. The topological polar surface area (TPSA) is 15.8 Å². The molecule has 2 heteroatoms. The van der Waals surface area contributed by atoms with Crippen LogP contribution < -0.4 is 5.30 Å². The second-order valence-electron chi connectivity index (χ2n) is 5.13. The number of para-hydroxylation sites is 1. The minimum atomic E-state index is -0.0209. The van der Waals surface area contributed by atoms with Gasteiger partial charge in [0.2, 0.25) is 0 Å². The fraction of sp³-hybridized carbons (Fsp3) is 0.176. The van der Waals surface area contributed by atoms with Gasteiger partial charge in [-0.1, -0.05) is 56.5 Å². The molecule has 0 spiro atoms. The Morgan fingerprint density at radius 3 is 2.58 bits per heavy atom. The second kappa shape index (κ2) is 4.51. The Morgan fingerprint density at radius 2 is 1.68 bits per heavy atom. The summed E-state index contributed by atoms with van der Waals surface area (Å²) >= 11 is 0. The Morgan fingerprint density at radius 1 is 0.895 bits per heavy atom. The Bertz CT molecular complexity index is 714. The highest BCUT2D eigenvalue weighted by atomic mass is 31.1. The number of aromatic amines is 1. The molecule has 0 aliphatic carbocycles. The first-order chi connectivity index (χ1) is 9.42. The van der Waals surface area contributed by atoms with Crippen LogP contribution in [0.5, 0.6) is 0 Å². The molecule has 1 aromatic heterocycles. The highest BCUT2D eigenvalue weighted by Gasteiger charge is 2.22. The van der Waals surface area contributed by atoms with Crippen molar-refractivity contribution >= 4 is 24.1 Å². The van der Waals surface area contributed by atoms with Gasteiger partial charge in [-0.15, -0.1) is 0 Å². The van der Waals surface area contributed by atoms with E-state index in [1.165, 1.54) is 35.3 Å². The molecule has 1 atom stereocenters. The SMILES string of the molecule is c1ccc(P2CCc3[nH]c4ccccc4c3C2)cc1. The first-order valence-corrected chi connectivity index (χ1v) is 8.51. The summed E-state index contributed by atoms with van der Waals surface area (Å²) in [7, 11) is -0.0209. The van der Waals surface area contributed by atoms with Crippen LogP contribution in [0.1, 0.15) is 11.3 Å². The number of rotatable bonds is 1. The van der Waals surface area contributed by atoms with Crippen molar-refractivity contribution in [1.82, 2.24) is 4.98 Å². The van der Waals surface area contributed by atoms with Crippen LogP contribution in [0.25, 0.3) is 10.9 Å². The third-order valence-corrected chi connectivity index (χ3v) is 6.49. The van der Waals surface area contributed by atoms with Crippen LogP contribution in [0.2, 0.25) is 0 Å². The van der Waals surface area contributed by atoms with Gasteiger partial charge in [0.15, 0.2) is 0 Å². The van der Waals surface area contributed by atoms with Gasteiger partial charge in [0, 0.05) is 16.6 Å². The zero-order valence-electron chi connectivity index (χ0n) is 10.8. The van der Waals surface area contributed by atoms with Gasteiger partial charge in [-0.25, -0.2) is 0 Å². The third kappa shape index (κ3) is 1.89. The lowest BCUT2D eigenvalue weighted by atomic mass is 10.1. The van der Waals surface area contributed by atoms with E-state index in [-0.39, 0.29) is 7.92 Å². The molecule has 94 valence electrons. The average Bonchev–Trinajstić information content (AvgIpc) is 2.86. The molecule has 2 heterocycles. The molecule has 2 aromatic carbocycles. The summed E-state index contributed by atoms with van der Waals surface area (Å²) in [5.74, 6) is 0. The van der Waals surface area contributed by atoms with Crippen molar-refractivity contribution in [3.63, 3.8) is 0 Å². The van der Waals surface area contributed by atoms with Gasteiger partial charge >= 0.3 is 0 Å². The van der Waals surface area contributed by atoms with Crippen molar-refractivity contribution in [2.75, 3.05) is 6.16 Å². The maximum Gasteiger partial charge on any atom is 0.0459 e. The molecule has 0 fully saturated rings. The summed E-state index contributed by atoms with van der Waals surface area (Å²) in [6, 6.07) is 19.8. The zero-order chi connectivity index (χ0) is 12.7. The molecular formula is C17H16NP. The predicted octanol–water partition coefficient (Wildman–Crippen LogP) is 4.03. The molecule has 1 N–H and O–H groups in total. The number of aryl methyl sites for hydroxylation is 1. The monoisotopic (exact) mass is 265 g/mol. The zero-order valence-corrected chi connectivity index (χ0v) is 11.7. The van der Waals surface area contributed by atoms with E-state index in [0.29, 0.717) is 0 Å². The molecule has 0 saturated heterocycles. The number of nitrogens with one attached hydrogen (secondary N) is 1. The van der Waals surface area contributed by atoms with Crippen LogP contribution in [0.15, 0.2) is 54.6 Å². The summed E-state index contributed by atoms with van der Waals surface area (Å²) in [6.45, 7) is 0. The van der Waals surface area contributed by atoms with Gasteiger partial charge in [-0.2, -0.15) is 0 Å². The summed E-state index contributed by atoms with van der Waals surface area (Å²) in [5.41, 5.74) is 4.34. The lowest BCUT2D eigenvalue weighted by Crippen LogP contribution is -2.12. The van der Waals surface area contributed by atoms with Gasteiger partial charge in [0.05, 0.1) is 0 Å². The molecule has 0 bridgehead atoms. The lowest BCUT2D eigenvalue weighted by Gasteiger charge is -2.23. The van der Waals surface area contributed by atoms with E-state index in [9.17, 15) is 0 Å². The minimum absolute atomic E-state index is 0.0209. The van der Waals surface area contributed by atoms with Crippen LogP contribution >= 0.6 is 7.92 Å². The molecule has 1 aliphatic rings. The summed E-state index contributed by atoms with van der Waals surface area (Å²) < 4.78 is 0. The lowest BCUT2D eigenvalue weighted by molar-refractivity contribution is 1.02. The van der Waals surface area contributed by atoms with E-state index in [1.54, 1.807) is 10.9 Å². The third-order valence-electron chi connectivity index (χ3n) is 4.00. The van der Waals surface area contributed by atoms with Crippen LogP contribution in [-0.2, 0) is 12.6 Å². The summed E-state index contributed by atoms with van der Waals surface area (Å²) in [6.07, 6.45) is 3.75. The quantitative estimate of drug-likeness (QED) is 0.639. The van der Waals surface area contributed by atoms with Gasteiger partial charge in [0.1, 0.15) is 0 Å². The molecule has 19 heavy (non-hydrogen) atoms. The molecule has 0 amide bonds. The van der Waals surface area contributed by atoms with E-state index < -0.39 is 0 Å². The Balaban J connectivity index is 1.77. The fourth-order valence-corrected chi connectivity index (χ4v) is 5.45. The fourth-order valence-electron chi connectivity index (χ4n) is 3.03. The number of benzene rings is 2. The molecule has 4 rings (SSSR count). The summed E-state index contributed by atoms with van der Waals surface area (Å²) in [5, 5.41) is 2.98.